The number of hydrogen-bond acceptors (Lipinski definition) is 3. The van der Waals surface area contributed by atoms with Gasteiger partial charge in [0, 0.05) is 25.2 Å². The molecule has 0 spiro atoms. The SMILES string of the molecule is Cc1nn(C)c(C)c1CC(C)C(=O)N1CCCC1C(=O)O. The van der Waals surface area contributed by atoms with Crippen molar-refractivity contribution in [1.82, 2.24) is 14.7 Å². The highest BCUT2D eigenvalue weighted by atomic mass is 16.4. The molecule has 2 unspecified atom stereocenters. The van der Waals surface area contributed by atoms with Gasteiger partial charge in [-0.3, -0.25) is 9.48 Å². The van der Waals surface area contributed by atoms with Crippen molar-refractivity contribution < 1.29 is 14.7 Å². The summed E-state index contributed by atoms with van der Waals surface area (Å²) in [5.41, 5.74) is 3.08. The molecule has 21 heavy (non-hydrogen) atoms. The van der Waals surface area contributed by atoms with Gasteiger partial charge in [0.1, 0.15) is 6.04 Å². The molecule has 2 atom stereocenters. The number of rotatable bonds is 4. The minimum atomic E-state index is -0.901. The summed E-state index contributed by atoms with van der Waals surface area (Å²) in [6.45, 7) is 6.34. The molecule has 1 aromatic rings. The maximum Gasteiger partial charge on any atom is 0.326 e. The van der Waals surface area contributed by atoms with Crippen molar-refractivity contribution in [3.05, 3.63) is 17.0 Å². The van der Waals surface area contributed by atoms with Gasteiger partial charge in [0.05, 0.1) is 5.69 Å². The lowest BCUT2D eigenvalue weighted by Crippen LogP contribution is -2.43. The van der Waals surface area contributed by atoms with Crippen molar-refractivity contribution in [2.45, 2.75) is 46.1 Å². The maximum atomic E-state index is 12.5. The topological polar surface area (TPSA) is 75.4 Å². The van der Waals surface area contributed by atoms with Crippen LogP contribution in [-0.4, -0.2) is 44.3 Å². The van der Waals surface area contributed by atoms with Gasteiger partial charge < -0.3 is 10.0 Å². The van der Waals surface area contributed by atoms with Crippen LogP contribution < -0.4 is 0 Å². The maximum absolute atomic E-state index is 12.5. The number of aromatic nitrogens is 2. The number of carboxylic acid groups (broad SMARTS) is 1. The first-order chi connectivity index (χ1) is 9.82. The van der Waals surface area contributed by atoms with Crippen LogP contribution in [0.25, 0.3) is 0 Å². The Balaban J connectivity index is 2.11. The quantitative estimate of drug-likeness (QED) is 0.907. The van der Waals surface area contributed by atoms with Crippen LogP contribution in [0.3, 0.4) is 0 Å². The third-order valence-electron chi connectivity index (χ3n) is 4.41. The molecule has 0 aliphatic carbocycles. The number of aryl methyl sites for hydroxylation is 2. The third kappa shape index (κ3) is 2.94. The number of aliphatic carboxylic acids is 1. The molecule has 0 aromatic carbocycles. The standard InChI is InChI=1S/C15H23N3O3/c1-9(8-12-10(2)16-17(4)11(12)3)14(19)18-7-5-6-13(18)15(20)21/h9,13H,5-8H2,1-4H3,(H,20,21). The predicted molar refractivity (Wildman–Crippen MR) is 77.9 cm³/mol. The summed E-state index contributed by atoms with van der Waals surface area (Å²) in [5, 5.41) is 13.5. The highest BCUT2D eigenvalue weighted by Gasteiger charge is 2.36. The second-order valence-electron chi connectivity index (χ2n) is 5.91. The summed E-state index contributed by atoms with van der Waals surface area (Å²) in [4.78, 5) is 25.3. The molecular weight excluding hydrogens is 270 g/mol. The van der Waals surface area contributed by atoms with Crippen LogP contribution in [0.2, 0.25) is 0 Å². The van der Waals surface area contributed by atoms with Crippen LogP contribution in [0.5, 0.6) is 0 Å². The fourth-order valence-corrected chi connectivity index (χ4v) is 3.08. The highest BCUT2D eigenvalue weighted by Crippen LogP contribution is 2.23. The van der Waals surface area contributed by atoms with Crippen molar-refractivity contribution in [3.8, 4) is 0 Å². The number of likely N-dealkylation sites (tertiary alicyclic amines) is 1. The Morgan fingerprint density at radius 1 is 1.43 bits per heavy atom. The fraction of sp³-hybridized carbons (Fsp3) is 0.667. The van der Waals surface area contributed by atoms with Crippen molar-refractivity contribution in [2.75, 3.05) is 6.54 Å². The summed E-state index contributed by atoms with van der Waals surface area (Å²) in [7, 11) is 1.89. The van der Waals surface area contributed by atoms with Gasteiger partial charge >= 0.3 is 5.97 Å². The van der Waals surface area contributed by atoms with Gasteiger partial charge in [-0.1, -0.05) is 6.92 Å². The Hall–Kier alpha value is -1.85. The molecule has 1 fully saturated rings. The van der Waals surface area contributed by atoms with Gasteiger partial charge in [0.25, 0.3) is 0 Å². The summed E-state index contributed by atoms with van der Waals surface area (Å²) in [5.74, 6) is -1.20. The van der Waals surface area contributed by atoms with Crippen molar-refractivity contribution in [3.63, 3.8) is 0 Å². The van der Waals surface area contributed by atoms with E-state index < -0.39 is 12.0 Å². The number of carbonyl (C=O) groups is 2. The largest absolute Gasteiger partial charge is 0.480 e. The molecular formula is C15H23N3O3. The molecule has 2 rings (SSSR count). The summed E-state index contributed by atoms with van der Waals surface area (Å²) >= 11 is 0. The minimum absolute atomic E-state index is 0.0671. The van der Waals surface area contributed by atoms with Crippen LogP contribution in [0.1, 0.15) is 36.7 Å². The predicted octanol–water partition coefficient (Wildman–Crippen LogP) is 1.29. The van der Waals surface area contributed by atoms with Crippen LogP contribution in [0.15, 0.2) is 0 Å². The Labute approximate surface area is 124 Å². The van der Waals surface area contributed by atoms with E-state index in [9.17, 15) is 14.7 Å². The van der Waals surface area contributed by atoms with Crippen LogP contribution in [0.4, 0.5) is 0 Å². The summed E-state index contributed by atoms with van der Waals surface area (Å²) < 4.78 is 1.82. The minimum Gasteiger partial charge on any atom is -0.480 e. The molecule has 1 aliphatic heterocycles. The molecule has 1 N–H and O–H groups in total. The van der Waals surface area contributed by atoms with E-state index in [-0.39, 0.29) is 11.8 Å². The second kappa shape index (κ2) is 5.87. The van der Waals surface area contributed by atoms with Gasteiger partial charge in [0.2, 0.25) is 5.91 Å². The first-order valence-corrected chi connectivity index (χ1v) is 7.35. The zero-order valence-corrected chi connectivity index (χ0v) is 13.1. The summed E-state index contributed by atoms with van der Waals surface area (Å²) in [6, 6.07) is -0.656. The molecule has 1 amide bonds. The molecule has 2 heterocycles. The number of hydrogen-bond donors (Lipinski definition) is 1. The molecule has 1 aliphatic rings. The number of carboxylic acids is 1. The van der Waals surface area contributed by atoms with E-state index in [1.54, 1.807) is 0 Å². The first-order valence-electron chi connectivity index (χ1n) is 7.35. The Morgan fingerprint density at radius 3 is 2.62 bits per heavy atom. The number of amides is 1. The van der Waals surface area contributed by atoms with E-state index in [0.717, 1.165) is 23.4 Å². The van der Waals surface area contributed by atoms with Crippen LogP contribution in [0, 0.1) is 19.8 Å². The Kier molecular flexibility index (Phi) is 4.34. The van der Waals surface area contributed by atoms with E-state index in [1.807, 2.05) is 32.5 Å². The van der Waals surface area contributed by atoms with Gasteiger partial charge in [-0.15, -0.1) is 0 Å². The average molecular weight is 293 g/mol. The Bertz CT molecular complexity index is 565. The third-order valence-corrected chi connectivity index (χ3v) is 4.41. The van der Waals surface area contributed by atoms with Crippen LogP contribution >= 0.6 is 0 Å². The first kappa shape index (κ1) is 15.5. The van der Waals surface area contributed by atoms with E-state index in [2.05, 4.69) is 5.10 Å². The molecule has 1 aromatic heterocycles. The lowest BCUT2D eigenvalue weighted by atomic mass is 9.98. The molecule has 116 valence electrons. The van der Waals surface area contributed by atoms with Gasteiger partial charge in [-0.2, -0.15) is 5.10 Å². The zero-order chi connectivity index (χ0) is 15.7. The van der Waals surface area contributed by atoms with E-state index >= 15 is 0 Å². The smallest absolute Gasteiger partial charge is 0.326 e. The van der Waals surface area contributed by atoms with E-state index in [4.69, 9.17) is 0 Å². The molecule has 6 heteroatoms. The summed E-state index contributed by atoms with van der Waals surface area (Å²) in [6.07, 6.45) is 1.92. The molecule has 6 nitrogen and oxygen atoms in total. The fourth-order valence-electron chi connectivity index (χ4n) is 3.08. The number of carbonyl (C=O) groups excluding carboxylic acids is 1. The molecule has 0 saturated carbocycles. The van der Waals surface area contributed by atoms with E-state index in [1.165, 1.54) is 4.90 Å². The normalized spacial score (nSPS) is 19.8. The molecule has 0 radical (unpaired) electrons. The zero-order valence-electron chi connectivity index (χ0n) is 13.1. The average Bonchev–Trinajstić information content (AvgIpc) is 2.99. The van der Waals surface area contributed by atoms with Gasteiger partial charge in [0.15, 0.2) is 0 Å². The second-order valence-corrected chi connectivity index (χ2v) is 5.91. The molecule has 1 saturated heterocycles. The van der Waals surface area contributed by atoms with Crippen molar-refractivity contribution in [2.24, 2.45) is 13.0 Å². The lowest BCUT2D eigenvalue weighted by Gasteiger charge is -2.25. The lowest BCUT2D eigenvalue weighted by molar-refractivity contribution is -0.149. The number of nitrogens with zero attached hydrogens (tertiary/aromatic N) is 3. The van der Waals surface area contributed by atoms with Gasteiger partial charge in [-0.25, -0.2) is 4.79 Å². The van der Waals surface area contributed by atoms with Crippen molar-refractivity contribution >= 4 is 11.9 Å². The van der Waals surface area contributed by atoms with Crippen molar-refractivity contribution in [1.29, 1.82) is 0 Å². The highest BCUT2D eigenvalue weighted by molar-refractivity contribution is 5.85. The van der Waals surface area contributed by atoms with Gasteiger partial charge in [-0.05, 0) is 38.7 Å². The Morgan fingerprint density at radius 2 is 2.10 bits per heavy atom. The monoisotopic (exact) mass is 293 g/mol. The molecule has 0 bridgehead atoms. The van der Waals surface area contributed by atoms with E-state index in [0.29, 0.717) is 19.4 Å². The van der Waals surface area contributed by atoms with Crippen LogP contribution in [-0.2, 0) is 23.1 Å².